The minimum Gasteiger partial charge on any atom is -0.390 e. The van der Waals surface area contributed by atoms with Crippen LogP contribution in [0.15, 0.2) is 66.7 Å². The van der Waals surface area contributed by atoms with Gasteiger partial charge >= 0.3 is 0 Å². The van der Waals surface area contributed by atoms with Crippen molar-refractivity contribution in [2.24, 2.45) is 0 Å². The van der Waals surface area contributed by atoms with Crippen LogP contribution in [-0.2, 0) is 6.42 Å². The Morgan fingerprint density at radius 3 is 2.19 bits per heavy atom. The molecule has 0 aliphatic rings. The van der Waals surface area contributed by atoms with Crippen LogP contribution in [0, 0.1) is 0 Å². The summed E-state index contributed by atoms with van der Waals surface area (Å²) in [6.07, 6.45) is 0.645. The normalized spacial score (nSPS) is 11.8. The second-order valence-electron chi connectivity index (χ2n) is 6.17. The number of fused-ring (bicyclic) bond motifs is 1. The Morgan fingerprint density at radius 2 is 1.38 bits per heavy atom. The van der Waals surface area contributed by atoms with Gasteiger partial charge in [-0.2, -0.15) is 0 Å². The molecule has 21 heavy (non-hydrogen) atoms. The molecule has 1 nitrogen and oxygen atoms in total. The van der Waals surface area contributed by atoms with E-state index < -0.39 is 5.60 Å². The van der Waals surface area contributed by atoms with E-state index in [2.05, 4.69) is 60.7 Å². The summed E-state index contributed by atoms with van der Waals surface area (Å²) in [6, 6.07) is 23.2. The first kappa shape index (κ1) is 13.8. The van der Waals surface area contributed by atoms with E-state index in [0.29, 0.717) is 6.42 Å². The van der Waals surface area contributed by atoms with E-state index in [4.69, 9.17) is 0 Å². The lowest BCUT2D eigenvalue weighted by atomic mass is 9.89. The lowest BCUT2D eigenvalue weighted by Gasteiger charge is -2.20. The largest absolute Gasteiger partial charge is 0.390 e. The van der Waals surface area contributed by atoms with Crippen molar-refractivity contribution in [3.05, 3.63) is 72.3 Å². The summed E-state index contributed by atoms with van der Waals surface area (Å²) in [5.74, 6) is 0. The zero-order chi connectivity index (χ0) is 14.9. The average molecular weight is 276 g/mol. The molecule has 0 saturated heterocycles. The lowest BCUT2D eigenvalue weighted by molar-refractivity contribution is 0.0811. The lowest BCUT2D eigenvalue weighted by Crippen LogP contribution is -2.22. The summed E-state index contributed by atoms with van der Waals surface area (Å²) in [6.45, 7) is 3.71. The topological polar surface area (TPSA) is 20.2 Å². The highest BCUT2D eigenvalue weighted by Crippen LogP contribution is 2.32. The molecule has 0 radical (unpaired) electrons. The van der Waals surface area contributed by atoms with Crippen molar-refractivity contribution >= 4 is 10.8 Å². The van der Waals surface area contributed by atoms with Crippen molar-refractivity contribution in [3.8, 4) is 11.1 Å². The number of benzene rings is 3. The van der Waals surface area contributed by atoms with Gasteiger partial charge in [0, 0.05) is 6.42 Å². The highest BCUT2D eigenvalue weighted by Gasteiger charge is 2.17. The Labute approximate surface area is 125 Å². The highest BCUT2D eigenvalue weighted by atomic mass is 16.3. The van der Waals surface area contributed by atoms with Crippen molar-refractivity contribution < 1.29 is 5.11 Å². The van der Waals surface area contributed by atoms with Gasteiger partial charge in [-0.05, 0) is 41.3 Å². The third-order valence-corrected chi connectivity index (χ3v) is 3.72. The first-order valence-electron chi connectivity index (χ1n) is 7.33. The molecule has 0 unspecified atom stereocenters. The van der Waals surface area contributed by atoms with E-state index in [0.717, 1.165) is 0 Å². The molecule has 0 atom stereocenters. The van der Waals surface area contributed by atoms with E-state index in [-0.39, 0.29) is 0 Å². The van der Waals surface area contributed by atoms with E-state index in [1.54, 1.807) is 0 Å². The maximum Gasteiger partial charge on any atom is 0.0632 e. The van der Waals surface area contributed by atoms with Gasteiger partial charge in [-0.3, -0.25) is 0 Å². The summed E-state index contributed by atoms with van der Waals surface area (Å²) in [4.78, 5) is 0. The molecule has 3 aromatic carbocycles. The predicted octanol–water partition coefficient (Wildman–Crippen LogP) is 4.82. The Hall–Kier alpha value is -2.12. The molecule has 0 spiro atoms. The third-order valence-electron chi connectivity index (χ3n) is 3.72. The Balaban J connectivity index is 2.20. The van der Waals surface area contributed by atoms with Gasteiger partial charge in [0.25, 0.3) is 0 Å². The van der Waals surface area contributed by atoms with Crippen LogP contribution in [0.25, 0.3) is 21.9 Å². The SMILES string of the molecule is CC(C)(O)Cc1ccccc1-c1cccc2ccccc12. The van der Waals surface area contributed by atoms with E-state index in [9.17, 15) is 5.11 Å². The van der Waals surface area contributed by atoms with Gasteiger partial charge in [0.1, 0.15) is 0 Å². The summed E-state index contributed by atoms with van der Waals surface area (Å²) in [5, 5.41) is 12.7. The molecule has 0 aliphatic heterocycles. The van der Waals surface area contributed by atoms with Crippen LogP contribution in [0.2, 0.25) is 0 Å². The van der Waals surface area contributed by atoms with Crippen LogP contribution in [0.4, 0.5) is 0 Å². The molecule has 3 aromatic rings. The van der Waals surface area contributed by atoms with E-state index in [1.165, 1.54) is 27.5 Å². The van der Waals surface area contributed by atoms with Crippen molar-refractivity contribution in [3.63, 3.8) is 0 Å². The van der Waals surface area contributed by atoms with Crippen LogP contribution >= 0.6 is 0 Å². The fourth-order valence-corrected chi connectivity index (χ4v) is 2.86. The van der Waals surface area contributed by atoms with Crippen molar-refractivity contribution in [1.29, 1.82) is 0 Å². The van der Waals surface area contributed by atoms with E-state index >= 15 is 0 Å². The van der Waals surface area contributed by atoms with Gasteiger partial charge in [-0.1, -0.05) is 66.7 Å². The van der Waals surface area contributed by atoms with Gasteiger partial charge in [-0.15, -0.1) is 0 Å². The molecule has 0 bridgehead atoms. The first-order valence-corrected chi connectivity index (χ1v) is 7.33. The minimum atomic E-state index is -0.708. The minimum absolute atomic E-state index is 0.645. The number of rotatable bonds is 3. The van der Waals surface area contributed by atoms with Crippen LogP contribution in [-0.4, -0.2) is 10.7 Å². The fourth-order valence-electron chi connectivity index (χ4n) is 2.86. The highest BCUT2D eigenvalue weighted by molar-refractivity contribution is 5.97. The zero-order valence-corrected chi connectivity index (χ0v) is 12.5. The number of hydrogen-bond acceptors (Lipinski definition) is 1. The monoisotopic (exact) mass is 276 g/mol. The number of hydrogen-bond donors (Lipinski definition) is 1. The predicted molar refractivity (Wildman–Crippen MR) is 89.4 cm³/mol. The molecule has 0 fully saturated rings. The van der Waals surface area contributed by atoms with Gasteiger partial charge in [0.2, 0.25) is 0 Å². The third kappa shape index (κ3) is 2.98. The standard InChI is InChI=1S/C20H20O/c1-20(2,21)14-16-9-4-6-12-18(16)19-13-7-10-15-8-3-5-11-17(15)19/h3-13,21H,14H2,1-2H3. The molecule has 0 aromatic heterocycles. The average Bonchev–Trinajstić information content (AvgIpc) is 2.46. The maximum atomic E-state index is 10.2. The first-order chi connectivity index (χ1) is 10.0. The number of aliphatic hydroxyl groups is 1. The smallest absolute Gasteiger partial charge is 0.0632 e. The summed E-state index contributed by atoms with van der Waals surface area (Å²) >= 11 is 0. The molecule has 0 heterocycles. The zero-order valence-electron chi connectivity index (χ0n) is 12.5. The van der Waals surface area contributed by atoms with E-state index in [1.807, 2.05) is 19.9 Å². The van der Waals surface area contributed by atoms with Crippen LogP contribution in [0.3, 0.4) is 0 Å². The quantitative estimate of drug-likeness (QED) is 0.727. The van der Waals surface area contributed by atoms with Crippen molar-refractivity contribution in [2.45, 2.75) is 25.9 Å². The summed E-state index contributed by atoms with van der Waals surface area (Å²) in [7, 11) is 0. The Bertz CT molecular complexity index is 761. The fraction of sp³-hybridized carbons (Fsp3) is 0.200. The van der Waals surface area contributed by atoms with Crippen molar-refractivity contribution in [1.82, 2.24) is 0 Å². The van der Waals surface area contributed by atoms with Crippen LogP contribution in [0.1, 0.15) is 19.4 Å². The molecular weight excluding hydrogens is 256 g/mol. The second-order valence-corrected chi connectivity index (χ2v) is 6.17. The molecule has 1 N–H and O–H groups in total. The van der Waals surface area contributed by atoms with Gasteiger partial charge in [0.05, 0.1) is 5.60 Å². The molecule has 3 rings (SSSR count). The molecule has 0 saturated carbocycles. The van der Waals surface area contributed by atoms with Crippen LogP contribution < -0.4 is 0 Å². The van der Waals surface area contributed by atoms with Crippen molar-refractivity contribution in [2.75, 3.05) is 0 Å². The summed E-state index contributed by atoms with van der Waals surface area (Å²) in [5.41, 5.74) is 2.91. The van der Waals surface area contributed by atoms with Gasteiger partial charge in [0.15, 0.2) is 0 Å². The Kier molecular flexibility index (Phi) is 3.52. The summed E-state index contributed by atoms with van der Waals surface area (Å²) < 4.78 is 0. The van der Waals surface area contributed by atoms with Gasteiger partial charge < -0.3 is 5.11 Å². The Morgan fingerprint density at radius 1 is 0.762 bits per heavy atom. The molecule has 106 valence electrons. The van der Waals surface area contributed by atoms with Gasteiger partial charge in [-0.25, -0.2) is 0 Å². The molecule has 0 amide bonds. The molecular formula is C20H20O. The molecule has 0 aliphatic carbocycles. The molecule has 1 heteroatoms. The second kappa shape index (κ2) is 5.34. The van der Waals surface area contributed by atoms with Crippen LogP contribution in [0.5, 0.6) is 0 Å². The maximum absolute atomic E-state index is 10.2.